The summed E-state index contributed by atoms with van der Waals surface area (Å²) >= 11 is 0. The molecule has 0 saturated heterocycles. The minimum atomic E-state index is -2.95. The number of fused-ring (bicyclic) bond motifs is 3. The average Bonchev–Trinajstić information content (AvgIpc) is 3.29. The zero-order valence-corrected chi connectivity index (χ0v) is 18.1. The SMILES string of the molecule is COc1ccc(C2=NN3[C@H](C2)c2ccccc2O[C@H]3c2ccccc2OC(F)F)c(OC)c1. The predicted molar refractivity (Wildman–Crippen MR) is 118 cm³/mol. The third-order valence-electron chi connectivity index (χ3n) is 5.82. The van der Waals surface area contributed by atoms with E-state index >= 15 is 0 Å². The summed E-state index contributed by atoms with van der Waals surface area (Å²) in [6.45, 7) is -2.95. The second-order valence-electron chi connectivity index (χ2n) is 7.64. The van der Waals surface area contributed by atoms with Gasteiger partial charge < -0.3 is 18.9 Å². The van der Waals surface area contributed by atoms with Crippen LogP contribution < -0.4 is 18.9 Å². The minimum Gasteiger partial charge on any atom is -0.497 e. The van der Waals surface area contributed by atoms with Crippen LogP contribution in [0.4, 0.5) is 8.78 Å². The molecule has 0 bridgehead atoms. The van der Waals surface area contributed by atoms with Gasteiger partial charge in [-0.1, -0.05) is 30.3 Å². The molecule has 8 heteroatoms. The average molecular weight is 452 g/mol. The molecule has 0 fully saturated rings. The zero-order chi connectivity index (χ0) is 22.9. The third-order valence-corrected chi connectivity index (χ3v) is 5.82. The smallest absolute Gasteiger partial charge is 0.387 e. The molecule has 6 nitrogen and oxygen atoms in total. The van der Waals surface area contributed by atoms with Gasteiger partial charge in [0.05, 0.1) is 31.5 Å². The number of methoxy groups -OCH3 is 2. The van der Waals surface area contributed by atoms with E-state index in [-0.39, 0.29) is 11.8 Å². The second kappa shape index (κ2) is 8.61. The fraction of sp³-hybridized carbons (Fsp3) is 0.240. The van der Waals surface area contributed by atoms with Crippen LogP contribution in [0.2, 0.25) is 0 Å². The molecular weight excluding hydrogens is 430 g/mol. The van der Waals surface area contributed by atoms with Crippen molar-refractivity contribution in [1.29, 1.82) is 0 Å². The molecule has 0 spiro atoms. The van der Waals surface area contributed by atoms with Crippen molar-refractivity contribution in [2.75, 3.05) is 14.2 Å². The number of hydrogen-bond donors (Lipinski definition) is 0. The van der Waals surface area contributed by atoms with E-state index in [2.05, 4.69) is 0 Å². The van der Waals surface area contributed by atoms with E-state index in [0.29, 0.717) is 29.2 Å². The van der Waals surface area contributed by atoms with Crippen molar-refractivity contribution >= 4 is 5.71 Å². The topological polar surface area (TPSA) is 52.5 Å². The highest BCUT2D eigenvalue weighted by atomic mass is 19.3. The fourth-order valence-electron chi connectivity index (χ4n) is 4.33. The summed E-state index contributed by atoms with van der Waals surface area (Å²) in [7, 11) is 3.19. The number of benzene rings is 3. The van der Waals surface area contributed by atoms with Crippen LogP contribution in [0, 0.1) is 0 Å². The summed E-state index contributed by atoms with van der Waals surface area (Å²) in [5.41, 5.74) is 3.09. The Morgan fingerprint density at radius 1 is 0.939 bits per heavy atom. The number of nitrogens with zero attached hydrogens (tertiary/aromatic N) is 2. The van der Waals surface area contributed by atoms with Gasteiger partial charge in [-0.25, -0.2) is 5.01 Å². The molecule has 0 N–H and O–H groups in total. The standard InChI is InChI=1S/C25H22F2N2O4/c1-30-15-11-12-16(23(13-15)31-2)19-14-20-17-7-3-5-9-21(17)32-24(29(20)28-19)18-8-4-6-10-22(18)33-25(26)27/h3-13,20,24-25H,14H2,1-2H3/t20-,24+/m1/s1. The molecule has 0 radical (unpaired) electrons. The lowest BCUT2D eigenvalue weighted by molar-refractivity contribution is -0.0578. The quantitative estimate of drug-likeness (QED) is 0.491. The molecule has 2 aliphatic heterocycles. The largest absolute Gasteiger partial charge is 0.497 e. The summed E-state index contributed by atoms with van der Waals surface area (Å²) in [4.78, 5) is 0. The maximum absolute atomic E-state index is 13.1. The second-order valence-corrected chi connectivity index (χ2v) is 7.64. The molecule has 170 valence electrons. The minimum absolute atomic E-state index is 0.0568. The van der Waals surface area contributed by atoms with Crippen LogP contribution >= 0.6 is 0 Å². The van der Waals surface area contributed by atoms with E-state index in [0.717, 1.165) is 16.8 Å². The first-order valence-corrected chi connectivity index (χ1v) is 10.5. The van der Waals surface area contributed by atoms with Crippen LogP contribution in [0.25, 0.3) is 0 Å². The summed E-state index contributed by atoms with van der Waals surface area (Å²) in [6.07, 6.45) is -0.140. The molecule has 2 heterocycles. The van der Waals surface area contributed by atoms with E-state index in [1.165, 1.54) is 6.07 Å². The Kier molecular flexibility index (Phi) is 5.50. The van der Waals surface area contributed by atoms with E-state index in [9.17, 15) is 8.78 Å². The number of hydrazone groups is 1. The number of ether oxygens (including phenoxy) is 4. The lowest BCUT2D eigenvalue weighted by Gasteiger charge is -2.38. The number of rotatable bonds is 6. The summed E-state index contributed by atoms with van der Waals surface area (Å²) < 4.78 is 48.1. The van der Waals surface area contributed by atoms with Crippen LogP contribution in [0.3, 0.4) is 0 Å². The van der Waals surface area contributed by atoms with Gasteiger partial charge in [0.15, 0.2) is 0 Å². The molecular formula is C25H22F2N2O4. The molecule has 0 unspecified atom stereocenters. The lowest BCUT2D eigenvalue weighted by atomic mass is 9.95. The van der Waals surface area contributed by atoms with Gasteiger partial charge in [0.2, 0.25) is 6.23 Å². The van der Waals surface area contributed by atoms with E-state index in [1.807, 2.05) is 47.5 Å². The molecule has 0 amide bonds. The number of alkyl halides is 2. The van der Waals surface area contributed by atoms with Crippen molar-refractivity contribution < 1.29 is 27.7 Å². The highest BCUT2D eigenvalue weighted by molar-refractivity contribution is 6.04. The molecule has 3 aromatic carbocycles. The predicted octanol–water partition coefficient (Wildman–Crippen LogP) is 5.55. The van der Waals surface area contributed by atoms with Crippen molar-refractivity contribution in [2.24, 2.45) is 5.10 Å². The van der Waals surface area contributed by atoms with Gasteiger partial charge in [-0.15, -0.1) is 0 Å². The molecule has 2 aliphatic rings. The monoisotopic (exact) mass is 452 g/mol. The molecule has 5 rings (SSSR count). The van der Waals surface area contributed by atoms with Crippen LogP contribution in [0.5, 0.6) is 23.0 Å². The number of para-hydroxylation sites is 2. The van der Waals surface area contributed by atoms with E-state index in [4.69, 9.17) is 24.0 Å². The Morgan fingerprint density at radius 2 is 1.70 bits per heavy atom. The Morgan fingerprint density at radius 3 is 2.45 bits per heavy atom. The van der Waals surface area contributed by atoms with E-state index in [1.54, 1.807) is 32.4 Å². The molecule has 2 atom stereocenters. The number of halogens is 2. The van der Waals surface area contributed by atoms with Gasteiger partial charge >= 0.3 is 6.61 Å². The highest BCUT2D eigenvalue weighted by Crippen LogP contribution is 2.49. The van der Waals surface area contributed by atoms with Crippen LogP contribution in [0.1, 0.15) is 35.4 Å². The molecule has 0 aliphatic carbocycles. The van der Waals surface area contributed by atoms with Gasteiger partial charge in [0.25, 0.3) is 0 Å². The fourth-order valence-corrected chi connectivity index (χ4v) is 4.33. The summed E-state index contributed by atoms with van der Waals surface area (Å²) in [5.74, 6) is 2.06. The zero-order valence-electron chi connectivity index (χ0n) is 18.1. The highest BCUT2D eigenvalue weighted by Gasteiger charge is 2.42. The van der Waals surface area contributed by atoms with Gasteiger partial charge in [-0.3, -0.25) is 0 Å². The van der Waals surface area contributed by atoms with Crippen molar-refractivity contribution in [3.63, 3.8) is 0 Å². The third kappa shape index (κ3) is 3.82. The van der Waals surface area contributed by atoms with E-state index < -0.39 is 12.8 Å². The molecule has 0 aromatic heterocycles. The first-order valence-electron chi connectivity index (χ1n) is 10.5. The first-order chi connectivity index (χ1) is 16.1. The van der Waals surface area contributed by atoms with Crippen molar-refractivity contribution in [1.82, 2.24) is 5.01 Å². The Labute approximate surface area is 189 Å². The summed E-state index contributed by atoms with van der Waals surface area (Å²) in [6, 6.07) is 19.8. The van der Waals surface area contributed by atoms with Crippen LogP contribution in [-0.2, 0) is 0 Å². The molecule has 3 aromatic rings. The Balaban J connectivity index is 1.60. The van der Waals surface area contributed by atoms with Gasteiger partial charge in [-0.05, 0) is 30.3 Å². The van der Waals surface area contributed by atoms with Crippen molar-refractivity contribution in [2.45, 2.75) is 25.3 Å². The van der Waals surface area contributed by atoms with Crippen molar-refractivity contribution in [3.8, 4) is 23.0 Å². The Hall–Kier alpha value is -3.81. The summed E-state index contributed by atoms with van der Waals surface area (Å²) in [5, 5.41) is 6.70. The van der Waals surface area contributed by atoms with Crippen LogP contribution in [-0.4, -0.2) is 31.6 Å². The van der Waals surface area contributed by atoms with Crippen molar-refractivity contribution in [3.05, 3.63) is 83.4 Å². The Bertz CT molecular complexity index is 1200. The van der Waals surface area contributed by atoms with Gasteiger partial charge in [-0.2, -0.15) is 13.9 Å². The normalized spacial score (nSPS) is 18.8. The van der Waals surface area contributed by atoms with Gasteiger partial charge in [0, 0.05) is 23.6 Å². The lowest BCUT2D eigenvalue weighted by Crippen LogP contribution is -2.34. The van der Waals surface area contributed by atoms with Gasteiger partial charge in [0.1, 0.15) is 23.0 Å². The maximum Gasteiger partial charge on any atom is 0.387 e. The van der Waals surface area contributed by atoms with Crippen LogP contribution in [0.15, 0.2) is 71.8 Å². The molecule has 0 saturated carbocycles. The number of hydrogen-bond acceptors (Lipinski definition) is 6. The molecule has 33 heavy (non-hydrogen) atoms. The maximum atomic E-state index is 13.1. The first kappa shape index (κ1) is 21.1.